The lowest BCUT2D eigenvalue weighted by molar-refractivity contribution is 1.28. The van der Waals surface area contributed by atoms with Gasteiger partial charge in [0.25, 0.3) is 0 Å². The first-order valence-corrected chi connectivity index (χ1v) is 5.71. The van der Waals surface area contributed by atoms with Crippen molar-refractivity contribution >= 4 is 0 Å². The van der Waals surface area contributed by atoms with Crippen molar-refractivity contribution in [1.82, 2.24) is 15.0 Å². The average Bonchev–Trinajstić information content (AvgIpc) is 2.49. The summed E-state index contributed by atoms with van der Waals surface area (Å²) >= 11 is 0. The third-order valence-corrected chi connectivity index (χ3v) is 2.75. The van der Waals surface area contributed by atoms with Crippen LogP contribution in [0.2, 0.25) is 0 Å². The quantitative estimate of drug-likeness (QED) is 0.682. The summed E-state index contributed by atoms with van der Waals surface area (Å²) in [5.41, 5.74) is 4.25. The first kappa shape index (κ1) is 10.6. The van der Waals surface area contributed by atoms with Crippen molar-refractivity contribution in [3.63, 3.8) is 0 Å². The van der Waals surface area contributed by atoms with E-state index in [4.69, 9.17) is 0 Å². The van der Waals surface area contributed by atoms with E-state index < -0.39 is 0 Å². The van der Waals surface area contributed by atoms with Crippen LogP contribution < -0.4 is 0 Å². The standard InChI is InChI=1S/C15H11N3/c1-2-14(12-3-8-16-9-4-12)15(18-7-1)13-5-10-17-11-6-13/h1-11H. The van der Waals surface area contributed by atoms with Gasteiger partial charge in [-0.1, -0.05) is 6.07 Å². The second-order valence-electron chi connectivity index (χ2n) is 3.87. The topological polar surface area (TPSA) is 38.7 Å². The summed E-state index contributed by atoms with van der Waals surface area (Å²) < 4.78 is 0. The van der Waals surface area contributed by atoms with Crippen LogP contribution in [0.5, 0.6) is 0 Å². The maximum Gasteiger partial charge on any atom is 0.0781 e. The van der Waals surface area contributed by atoms with Crippen molar-refractivity contribution in [1.29, 1.82) is 0 Å². The van der Waals surface area contributed by atoms with Crippen molar-refractivity contribution in [2.75, 3.05) is 0 Å². The van der Waals surface area contributed by atoms with Crippen LogP contribution in [0.1, 0.15) is 0 Å². The summed E-state index contributed by atoms with van der Waals surface area (Å²) in [6, 6.07) is 11.9. The van der Waals surface area contributed by atoms with Crippen molar-refractivity contribution < 1.29 is 0 Å². The van der Waals surface area contributed by atoms with E-state index in [0.717, 1.165) is 22.4 Å². The lowest BCUT2D eigenvalue weighted by atomic mass is 10.0. The van der Waals surface area contributed by atoms with Gasteiger partial charge < -0.3 is 0 Å². The van der Waals surface area contributed by atoms with Crippen LogP contribution in [0, 0.1) is 0 Å². The molecular formula is C15H11N3. The van der Waals surface area contributed by atoms with Gasteiger partial charge in [0, 0.05) is 42.1 Å². The van der Waals surface area contributed by atoms with E-state index >= 15 is 0 Å². The molecular weight excluding hydrogens is 222 g/mol. The van der Waals surface area contributed by atoms with E-state index in [1.807, 2.05) is 30.3 Å². The van der Waals surface area contributed by atoms with Crippen LogP contribution in [-0.4, -0.2) is 15.0 Å². The third kappa shape index (κ3) is 1.98. The Balaban J connectivity index is 2.18. The number of rotatable bonds is 2. The van der Waals surface area contributed by atoms with E-state index in [0.29, 0.717) is 0 Å². The van der Waals surface area contributed by atoms with Gasteiger partial charge in [0.1, 0.15) is 0 Å². The molecule has 0 bridgehead atoms. The second kappa shape index (κ2) is 4.75. The minimum atomic E-state index is 0.964. The molecule has 0 unspecified atom stereocenters. The summed E-state index contributed by atoms with van der Waals surface area (Å²) in [6.45, 7) is 0. The normalized spacial score (nSPS) is 10.2. The molecule has 3 heteroatoms. The van der Waals surface area contributed by atoms with Crippen molar-refractivity contribution in [3.05, 3.63) is 67.4 Å². The van der Waals surface area contributed by atoms with E-state index in [1.165, 1.54) is 0 Å². The van der Waals surface area contributed by atoms with Gasteiger partial charge in [0.05, 0.1) is 5.69 Å². The zero-order valence-electron chi connectivity index (χ0n) is 9.69. The van der Waals surface area contributed by atoms with E-state index in [9.17, 15) is 0 Å². The molecule has 0 fully saturated rings. The van der Waals surface area contributed by atoms with E-state index in [2.05, 4.69) is 21.0 Å². The summed E-state index contributed by atoms with van der Waals surface area (Å²) in [6.07, 6.45) is 8.94. The number of pyridine rings is 3. The number of hydrogen-bond donors (Lipinski definition) is 0. The smallest absolute Gasteiger partial charge is 0.0781 e. The Kier molecular flexibility index (Phi) is 2.80. The summed E-state index contributed by atoms with van der Waals surface area (Å²) in [7, 11) is 0. The Labute approximate surface area is 105 Å². The SMILES string of the molecule is c1cnc(-c2ccncc2)c(-c2ccncc2)c1. The van der Waals surface area contributed by atoms with Gasteiger partial charge in [-0.25, -0.2) is 0 Å². The first-order chi connectivity index (χ1) is 8.95. The Hall–Kier alpha value is -2.55. The molecule has 3 aromatic heterocycles. The summed E-state index contributed by atoms with van der Waals surface area (Å²) in [5.74, 6) is 0. The molecule has 0 atom stereocenters. The minimum Gasteiger partial charge on any atom is -0.265 e. The minimum absolute atomic E-state index is 0.964. The maximum absolute atomic E-state index is 4.48. The number of nitrogens with zero attached hydrogens (tertiary/aromatic N) is 3. The fourth-order valence-electron chi connectivity index (χ4n) is 1.91. The van der Waals surface area contributed by atoms with Crippen LogP contribution in [-0.2, 0) is 0 Å². The summed E-state index contributed by atoms with van der Waals surface area (Å²) in [5, 5.41) is 0. The molecule has 0 amide bonds. The molecule has 3 aromatic rings. The van der Waals surface area contributed by atoms with Crippen LogP contribution in [0.25, 0.3) is 22.4 Å². The van der Waals surface area contributed by atoms with Crippen molar-refractivity contribution in [2.45, 2.75) is 0 Å². The number of hydrogen-bond acceptors (Lipinski definition) is 3. The average molecular weight is 233 g/mol. The fourth-order valence-corrected chi connectivity index (χ4v) is 1.91. The fraction of sp³-hybridized carbons (Fsp3) is 0. The highest BCUT2D eigenvalue weighted by atomic mass is 14.7. The Morgan fingerprint density at radius 2 is 1.22 bits per heavy atom. The summed E-state index contributed by atoms with van der Waals surface area (Å²) in [4.78, 5) is 12.6. The van der Waals surface area contributed by atoms with Crippen molar-refractivity contribution in [2.24, 2.45) is 0 Å². The first-order valence-electron chi connectivity index (χ1n) is 5.71. The van der Waals surface area contributed by atoms with Gasteiger partial charge in [-0.15, -0.1) is 0 Å². The molecule has 0 saturated heterocycles. The third-order valence-electron chi connectivity index (χ3n) is 2.75. The largest absolute Gasteiger partial charge is 0.265 e. The zero-order chi connectivity index (χ0) is 12.2. The van der Waals surface area contributed by atoms with Crippen LogP contribution in [0.4, 0.5) is 0 Å². The Morgan fingerprint density at radius 3 is 1.89 bits per heavy atom. The number of aromatic nitrogens is 3. The van der Waals surface area contributed by atoms with Crippen LogP contribution in [0.15, 0.2) is 67.4 Å². The monoisotopic (exact) mass is 233 g/mol. The van der Waals surface area contributed by atoms with E-state index in [-0.39, 0.29) is 0 Å². The van der Waals surface area contributed by atoms with Gasteiger partial charge in [-0.05, 0) is 35.9 Å². The molecule has 0 saturated carbocycles. The predicted molar refractivity (Wildman–Crippen MR) is 70.7 cm³/mol. The zero-order valence-corrected chi connectivity index (χ0v) is 9.69. The molecule has 3 nitrogen and oxygen atoms in total. The molecule has 86 valence electrons. The maximum atomic E-state index is 4.48. The molecule has 0 spiro atoms. The molecule has 0 aliphatic carbocycles. The molecule has 0 aliphatic heterocycles. The van der Waals surface area contributed by atoms with Gasteiger partial charge >= 0.3 is 0 Å². The van der Waals surface area contributed by atoms with Gasteiger partial charge in [-0.2, -0.15) is 0 Å². The van der Waals surface area contributed by atoms with Crippen molar-refractivity contribution in [3.8, 4) is 22.4 Å². The molecule has 0 radical (unpaired) electrons. The predicted octanol–water partition coefficient (Wildman–Crippen LogP) is 3.21. The highest BCUT2D eigenvalue weighted by molar-refractivity contribution is 5.80. The lowest BCUT2D eigenvalue weighted by Crippen LogP contribution is -1.89. The molecule has 18 heavy (non-hydrogen) atoms. The Morgan fingerprint density at radius 1 is 0.611 bits per heavy atom. The van der Waals surface area contributed by atoms with Gasteiger partial charge in [0.2, 0.25) is 0 Å². The molecule has 3 heterocycles. The van der Waals surface area contributed by atoms with Gasteiger partial charge in [-0.3, -0.25) is 15.0 Å². The lowest BCUT2D eigenvalue weighted by Gasteiger charge is -2.08. The van der Waals surface area contributed by atoms with Crippen LogP contribution >= 0.6 is 0 Å². The molecule has 0 N–H and O–H groups in total. The molecule has 0 aliphatic rings. The molecule has 3 rings (SSSR count). The van der Waals surface area contributed by atoms with Gasteiger partial charge in [0.15, 0.2) is 0 Å². The Bertz CT molecular complexity index is 578. The molecule has 0 aromatic carbocycles. The highest BCUT2D eigenvalue weighted by Crippen LogP contribution is 2.28. The highest BCUT2D eigenvalue weighted by Gasteiger charge is 2.07. The van der Waals surface area contributed by atoms with Crippen LogP contribution in [0.3, 0.4) is 0 Å². The van der Waals surface area contributed by atoms with E-state index in [1.54, 1.807) is 31.0 Å². The second-order valence-corrected chi connectivity index (χ2v) is 3.87.